The van der Waals surface area contributed by atoms with Crippen molar-refractivity contribution in [3.05, 3.63) is 0 Å². The molecular weight excluding hydrogens is 256 g/mol. The van der Waals surface area contributed by atoms with Crippen LogP contribution >= 0.6 is 0 Å². The summed E-state index contributed by atoms with van der Waals surface area (Å²) in [6.07, 6.45) is -0.427. The molecule has 3 rings (SSSR count). The minimum atomic E-state index is -0.530. The van der Waals surface area contributed by atoms with E-state index in [2.05, 4.69) is 4.74 Å². The molecule has 8 nitrogen and oxygen atoms in total. The Morgan fingerprint density at radius 1 is 0.947 bits per heavy atom. The van der Waals surface area contributed by atoms with Crippen molar-refractivity contribution in [2.75, 3.05) is 39.3 Å². The highest BCUT2D eigenvalue weighted by Gasteiger charge is 2.46. The van der Waals surface area contributed by atoms with Crippen LogP contribution in [0.2, 0.25) is 0 Å². The van der Waals surface area contributed by atoms with Crippen LogP contribution in [0.4, 0.5) is 0 Å². The van der Waals surface area contributed by atoms with Gasteiger partial charge in [-0.3, -0.25) is 24.2 Å². The maximum absolute atomic E-state index is 11.4. The van der Waals surface area contributed by atoms with Gasteiger partial charge >= 0.3 is 17.9 Å². The number of esters is 3. The van der Waals surface area contributed by atoms with Crippen LogP contribution in [0.15, 0.2) is 0 Å². The number of carbonyl (C=O) groups is 3. The predicted molar refractivity (Wildman–Crippen MR) is 58.7 cm³/mol. The highest BCUT2D eigenvalue weighted by Crippen LogP contribution is 2.26. The molecule has 0 bridgehead atoms. The van der Waals surface area contributed by atoms with Crippen LogP contribution in [0.5, 0.6) is 0 Å². The third-order valence-electron chi connectivity index (χ3n) is 3.24. The quantitative estimate of drug-likeness (QED) is 0.329. The van der Waals surface area contributed by atoms with E-state index in [1.807, 2.05) is 4.90 Å². The molecule has 0 amide bonds. The van der Waals surface area contributed by atoms with Crippen LogP contribution in [-0.4, -0.2) is 79.4 Å². The van der Waals surface area contributed by atoms with Gasteiger partial charge in [0.25, 0.3) is 0 Å². The lowest BCUT2D eigenvalue weighted by molar-refractivity contribution is -0.167. The highest BCUT2D eigenvalue weighted by atomic mass is 16.8. The average Bonchev–Trinajstić information content (AvgIpc) is 3.02. The van der Waals surface area contributed by atoms with Crippen LogP contribution in [0.25, 0.3) is 0 Å². The second-order valence-corrected chi connectivity index (χ2v) is 4.82. The van der Waals surface area contributed by atoms with Crippen molar-refractivity contribution in [1.82, 2.24) is 9.80 Å². The van der Waals surface area contributed by atoms with Crippen molar-refractivity contribution in [2.45, 2.75) is 12.4 Å². The molecule has 0 aliphatic carbocycles. The first-order chi connectivity index (χ1) is 9.10. The van der Waals surface area contributed by atoms with Crippen molar-refractivity contribution in [3.8, 4) is 0 Å². The van der Waals surface area contributed by atoms with Crippen molar-refractivity contribution in [3.63, 3.8) is 0 Å². The van der Waals surface area contributed by atoms with E-state index in [-0.39, 0.29) is 38.0 Å². The van der Waals surface area contributed by atoms with Crippen molar-refractivity contribution in [1.29, 1.82) is 0 Å². The second-order valence-electron chi connectivity index (χ2n) is 4.82. The lowest BCUT2D eigenvalue weighted by Crippen LogP contribution is -2.46. The molecule has 0 aromatic rings. The highest BCUT2D eigenvalue weighted by molar-refractivity contribution is 5.90. The molecule has 0 radical (unpaired) electrons. The number of hydrogen-bond donors (Lipinski definition) is 0. The Morgan fingerprint density at radius 3 is 2.32 bits per heavy atom. The Morgan fingerprint density at radius 2 is 1.58 bits per heavy atom. The zero-order valence-corrected chi connectivity index (χ0v) is 10.2. The fraction of sp³-hybridized carbons (Fsp3) is 0.727. The first-order valence-electron chi connectivity index (χ1n) is 6.13. The molecule has 3 fully saturated rings. The van der Waals surface area contributed by atoms with Gasteiger partial charge in [0.05, 0.1) is 19.6 Å². The zero-order chi connectivity index (χ0) is 13.4. The van der Waals surface area contributed by atoms with E-state index in [1.54, 1.807) is 4.90 Å². The molecule has 0 aromatic carbocycles. The normalized spacial score (nSPS) is 32.3. The lowest BCUT2D eigenvalue weighted by Gasteiger charge is -2.27. The summed E-state index contributed by atoms with van der Waals surface area (Å²) in [4.78, 5) is 37.2. The van der Waals surface area contributed by atoms with Crippen molar-refractivity contribution < 1.29 is 28.6 Å². The van der Waals surface area contributed by atoms with Crippen LogP contribution in [-0.2, 0) is 28.6 Å². The molecule has 104 valence electrons. The molecular formula is C11H14N2O6. The number of rotatable bonds is 3. The van der Waals surface area contributed by atoms with Gasteiger partial charge in [0, 0.05) is 19.6 Å². The molecule has 0 spiro atoms. The third-order valence-corrected chi connectivity index (χ3v) is 3.24. The summed E-state index contributed by atoms with van der Waals surface area (Å²) < 4.78 is 14.6. The molecule has 0 aromatic heterocycles. The summed E-state index contributed by atoms with van der Waals surface area (Å²) in [5.41, 5.74) is 0. The zero-order valence-electron chi connectivity index (χ0n) is 10.2. The molecule has 3 saturated heterocycles. The van der Waals surface area contributed by atoms with Gasteiger partial charge in [-0.05, 0) is 0 Å². The number of hydrogen-bond acceptors (Lipinski definition) is 8. The molecule has 3 aliphatic rings. The molecule has 19 heavy (non-hydrogen) atoms. The number of cyclic esters (lactones) is 2. The number of carbonyl (C=O) groups excluding carboxylic acids is 3. The number of nitrogens with zero attached hydrogens (tertiary/aromatic N) is 2. The number of epoxide rings is 1. The topological polar surface area (TPSA) is 88.7 Å². The summed E-state index contributed by atoms with van der Waals surface area (Å²) in [7, 11) is 0. The molecule has 3 aliphatic heterocycles. The van der Waals surface area contributed by atoms with Gasteiger partial charge in [-0.25, -0.2) is 0 Å². The summed E-state index contributed by atoms with van der Waals surface area (Å²) in [5, 5.41) is 0. The smallest absolute Gasteiger partial charge is 0.327 e. The molecule has 2 atom stereocenters. The lowest BCUT2D eigenvalue weighted by atomic mass is 10.3. The van der Waals surface area contributed by atoms with E-state index in [1.165, 1.54) is 0 Å². The van der Waals surface area contributed by atoms with Crippen LogP contribution in [0, 0.1) is 0 Å². The van der Waals surface area contributed by atoms with Crippen LogP contribution in [0.3, 0.4) is 0 Å². The Bertz CT molecular complexity index is 409. The predicted octanol–water partition coefficient (Wildman–Crippen LogP) is -2.04. The Balaban J connectivity index is 1.49. The molecule has 0 N–H and O–H groups in total. The van der Waals surface area contributed by atoms with Gasteiger partial charge in [-0.2, -0.15) is 0 Å². The SMILES string of the molecule is O=C1CN(CCN2CC(=O)OC3OC3C2)CC(=O)O1. The minimum Gasteiger partial charge on any atom is -0.432 e. The van der Waals surface area contributed by atoms with Gasteiger partial charge in [0.15, 0.2) is 0 Å². The standard InChI is InChI=1S/C11H14N2O6/c14-8-4-13(5-9(15)18-8)2-1-12-3-7-11(17-7)19-10(16)6-12/h7,11H,1-6H2. The molecule has 2 unspecified atom stereocenters. The Hall–Kier alpha value is -1.51. The molecule has 0 saturated carbocycles. The number of morpholine rings is 1. The van der Waals surface area contributed by atoms with Crippen LogP contribution in [0.1, 0.15) is 0 Å². The fourth-order valence-corrected chi connectivity index (χ4v) is 2.25. The maximum atomic E-state index is 11.4. The van der Waals surface area contributed by atoms with E-state index in [4.69, 9.17) is 9.47 Å². The van der Waals surface area contributed by atoms with Gasteiger partial charge < -0.3 is 14.2 Å². The van der Waals surface area contributed by atoms with Gasteiger partial charge in [0.1, 0.15) is 6.10 Å². The van der Waals surface area contributed by atoms with Crippen molar-refractivity contribution in [2.24, 2.45) is 0 Å². The summed E-state index contributed by atoms with van der Waals surface area (Å²) in [6.45, 7) is 2.14. The number of fused-ring (bicyclic) bond motifs is 1. The Labute approximate surface area is 109 Å². The van der Waals surface area contributed by atoms with E-state index >= 15 is 0 Å². The molecule has 8 heteroatoms. The van der Waals surface area contributed by atoms with Gasteiger partial charge in [-0.15, -0.1) is 0 Å². The van der Waals surface area contributed by atoms with E-state index in [9.17, 15) is 14.4 Å². The van der Waals surface area contributed by atoms with Crippen molar-refractivity contribution >= 4 is 17.9 Å². The Kier molecular flexibility index (Phi) is 3.21. The van der Waals surface area contributed by atoms with E-state index in [0.717, 1.165) is 0 Å². The third kappa shape index (κ3) is 3.09. The fourth-order valence-electron chi connectivity index (χ4n) is 2.25. The van der Waals surface area contributed by atoms with Gasteiger partial charge in [0.2, 0.25) is 6.29 Å². The summed E-state index contributed by atoms with van der Waals surface area (Å²) >= 11 is 0. The summed E-state index contributed by atoms with van der Waals surface area (Å²) in [5.74, 6) is -1.37. The first kappa shape index (κ1) is 12.5. The first-order valence-corrected chi connectivity index (χ1v) is 6.13. The maximum Gasteiger partial charge on any atom is 0.327 e. The summed E-state index contributed by atoms with van der Waals surface area (Å²) in [6, 6.07) is 0. The van der Waals surface area contributed by atoms with Crippen LogP contribution < -0.4 is 0 Å². The largest absolute Gasteiger partial charge is 0.432 e. The van der Waals surface area contributed by atoms with E-state index in [0.29, 0.717) is 19.6 Å². The number of ether oxygens (including phenoxy) is 3. The molecule has 3 heterocycles. The second kappa shape index (κ2) is 4.87. The monoisotopic (exact) mass is 270 g/mol. The average molecular weight is 270 g/mol. The minimum absolute atomic E-state index is 0.0422. The van der Waals surface area contributed by atoms with E-state index < -0.39 is 11.9 Å². The van der Waals surface area contributed by atoms with Gasteiger partial charge in [-0.1, -0.05) is 0 Å².